The van der Waals surface area contributed by atoms with E-state index in [4.69, 9.17) is 19.2 Å². The van der Waals surface area contributed by atoms with Crippen molar-refractivity contribution in [2.24, 2.45) is 7.05 Å². The number of para-hydroxylation sites is 1. The highest BCUT2D eigenvalue weighted by atomic mass is 16.5. The summed E-state index contributed by atoms with van der Waals surface area (Å²) in [5.41, 5.74) is 3.89. The van der Waals surface area contributed by atoms with E-state index in [1.807, 2.05) is 31.4 Å². The fourth-order valence-electron chi connectivity index (χ4n) is 3.70. The molecule has 9 heteroatoms. The fraction of sp³-hybridized carbons (Fsp3) is 0.192. The minimum Gasteiger partial charge on any atom is -0.494 e. The molecule has 0 aliphatic carbocycles. The van der Waals surface area contributed by atoms with Crippen LogP contribution in [0.4, 0.5) is 17.3 Å². The first-order valence-electron chi connectivity index (χ1n) is 11.0. The standard InChI is InChI=1S/C26H27N5O4/c1-5-25(32)28-21-14-20(23(34-4)15-24(21)35-13-12-33-3)30-26-27-11-10-19(29-26)18-16-31(2)22-9-7-6-8-17(18)22/h5-11,14-16H,1,12-13H2,2-4H3,(H,28,32)(H,27,29,30). The Hall–Kier alpha value is -4.37. The summed E-state index contributed by atoms with van der Waals surface area (Å²) in [7, 11) is 5.14. The second kappa shape index (κ2) is 10.7. The molecule has 4 rings (SSSR count). The number of hydrogen-bond acceptors (Lipinski definition) is 7. The molecule has 2 heterocycles. The van der Waals surface area contributed by atoms with Gasteiger partial charge < -0.3 is 29.4 Å². The molecule has 1 amide bonds. The zero-order valence-electron chi connectivity index (χ0n) is 19.9. The molecule has 0 unspecified atom stereocenters. The van der Waals surface area contributed by atoms with Gasteiger partial charge in [-0.3, -0.25) is 4.79 Å². The second-order valence-corrected chi connectivity index (χ2v) is 7.64. The lowest BCUT2D eigenvalue weighted by Crippen LogP contribution is -2.12. The van der Waals surface area contributed by atoms with Crippen molar-refractivity contribution in [3.05, 3.63) is 67.5 Å². The van der Waals surface area contributed by atoms with Gasteiger partial charge in [0.25, 0.3) is 0 Å². The number of fused-ring (bicyclic) bond motifs is 1. The summed E-state index contributed by atoms with van der Waals surface area (Å²) in [6.07, 6.45) is 4.93. The molecule has 0 spiro atoms. The van der Waals surface area contributed by atoms with E-state index in [1.165, 1.54) is 6.08 Å². The van der Waals surface area contributed by atoms with Gasteiger partial charge in [0.15, 0.2) is 0 Å². The lowest BCUT2D eigenvalue weighted by molar-refractivity contribution is -0.111. The maximum Gasteiger partial charge on any atom is 0.247 e. The van der Waals surface area contributed by atoms with Crippen LogP contribution in [0.3, 0.4) is 0 Å². The number of carbonyl (C=O) groups is 1. The number of ether oxygens (including phenoxy) is 3. The number of benzene rings is 2. The predicted octanol–water partition coefficient (Wildman–Crippen LogP) is 4.54. The van der Waals surface area contributed by atoms with Crippen LogP contribution in [0.15, 0.2) is 67.5 Å². The number of aromatic nitrogens is 3. The van der Waals surface area contributed by atoms with Crippen molar-refractivity contribution in [3.8, 4) is 22.8 Å². The van der Waals surface area contributed by atoms with Crippen LogP contribution in [-0.2, 0) is 16.6 Å². The molecule has 0 aliphatic heterocycles. The van der Waals surface area contributed by atoms with Gasteiger partial charge in [0.2, 0.25) is 11.9 Å². The molecule has 9 nitrogen and oxygen atoms in total. The highest BCUT2D eigenvalue weighted by Crippen LogP contribution is 2.38. The van der Waals surface area contributed by atoms with Gasteiger partial charge in [-0.2, -0.15) is 0 Å². The van der Waals surface area contributed by atoms with Crippen molar-refractivity contribution in [1.82, 2.24) is 14.5 Å². The zero-order valence-corrected chi connectivity index (χ0v) is 19.9. The number of nitrogens with one attached hydrogen (secondary N) is 2. The average molecular weight is 474 g/mol. The van der Waals surface area contributed by atoms with E-state index in [2.05, 4.69) is 38.9 Å². The van der Waals surface area contributed by atoms with Crippen LogP contribution in [0.2, 0.25) is 0 Å². The Kier molecular flexibility index (Phi) is 7.27. The quantitative estimate of drug-likeness (QED) is 0.258. The monoisotopic (exact) mass is 473 g/mol. The smallest absolute Gasteiger partial charge is 0.247 e. The average Bonchev–Trinajstić information content (AvgIpc) is 3.22. The van der Waals surface area contributed by atoms with Gasteiger partial charge in [-0.15, -0.1) is 0 Å². The molecule has 0 bridgehead atoms. The predicted molar refractivity (Wildman–Crippen MR) is 136 cm³/mol. The minimum absolute atomic E-state index is 0.305. The Morgan fingerprint density at radius 3 is 2.71 bits per heavy atom. The van der Waals surface area contributed by atoms with Gasteiger partial charge in [-0.1, -0.05) is 24.8 Å². The van der Waals surface area contributed by atoms with Crippen molar-refractivity contribution < 1.29 is 19.0 Å². The van der Waals surface area contributed by atoms with E-state index in [1.54, 1.807) is 32.5 Å². The largest absolute Gasteiger partial charge is 0.494 e. The van der Waals surface area contributed by atoms with Gasteiger partial charge >= 0.3 is 0 Å². The molecular formula is C26H27N5O4. The van der Waals surface area contributed by atoms with Gasteiger partial charge in [0.05, 0.1) is 30.8 Å². The Balaban J connectivity index is 1.69. The van der Waals surface area contributed by atoms with Gasteiger partial charge in [0, 0.05) is 49.1 Å². The Bertz CT molecular complexity index is 1370. The van der Waals surface area contributed by atoms with E-state index < -0.39 is 0 Å². The Morgan fingerprint density at radius 2 is 1.94 bits per heavy atom. The molecule has 0 radical (unpaired) electrons. The van der Waals surface area contributed by atoms with Crippen LogP contribution in [0, 0.1) is 0 Å². The van der Waals surface area contributed by atoms with E-state index in [9.17, 15) is 4.79 Å². The lowest BCUT2D eigenvalue weighted by Gasteiger charge is -2.17. The first kappa shape index (κ1) is 23.8. The fourth-order valence-corrected chi connectivity index (χ4v) is 3.70. The summed E-state index contributed by atoms with van der Waals surface area (Å²) < 4.78 is 18.5. The number of nitrogens with zero attached hydrogens (tertiary/aromatic N) is 3. The minimum atomic E-state index is -0.369. The molecule has 35 heavy (non-hydrogen) atoms. The first-order valence-corrected chi connectivity index (χ1v) is 11.0. The number of anilines is 3. The molecular weight excluding hydrogens is 446 g/mol. The Labute approximate surface area is 203 Å². The van der Waals surface area contributed by atoms with E-state index in [0.29, 0.717) is 42.0 Å². The maximum absolute atomic E-state index is 12.0. The molecule has 0 fully saturated rings. The highest BCUT2D eigenvalue weighted by molar-refractivity contribution is 6.00. The highest BCUT2D eigenvalue weighted by Gasteiger charge is 2.16. The normalized spacial score (nSPS) is 10.7. The summed E-state index contributed by atoms with van der Waals surface area (Å²) >= 11 is 0. The van der Waals surface area contributed by atoms with Crippen LogP contribution < -0.4 is 20.1 Å². The van der Waals surface area contributed by atoms with E-state index >= 15 is 0 Å². The third kappa shape index (κ3) is 5.25. The third-order valence-corrected chi connectivity index (χ3v) is 5.36. The summed E-state index contributed by atoms with van der Waals surface area (Å²) in [4.78, 5) is 21.1. The zero-order chi connectivity index (χ0) is 24.8. The molecule has 2 N–H and O–H groups in total. The SMILES string of the molecule is C=CC(=O)Nc1cc(Nc2nccc(-c3cn(C)c4ccccc34)n2)c(OC)cc1OCCOC. The molecule has 0 atom stereocenters. The second-order valence-electron chi connectivity index (χ2n) is 7.64. The van der Waals surface area contributed by atoms with Crippen LogP contribution in [-0.4, -0.2) is 47.9 Å². The van der Waals surface area contributed by atoms with Crippen molar-refractivity contribution in [3.63, 3.8) is 0 Å². The summed E-state index contributed by atoms with van der Waals surface area (Å²) in [5, 5.41) is 7.07. The topological polar surface area (TPSA) is 99.5 Å². The summed E-state index contributed by atoms with van der Waals surface area (Å²) in [6.45, 7) is 4.21. The summed E-state index contributed by atoms with van der Waals surface area (Å²) in [5.74, 6) is 0.938. The van der Waals surface area contributed by atoms with Crippen molar-refractivity contribution >= 4 is 34.1 Å². The number of carbonyl (C=O) groups excluding carboxylic acids is 1. The number of aryl methyl sites for hydroxylation is 1. The lowest BCUT2D eigenvalue weighted by atomic mass is 10.1. The maximum atomic E-state index is 12.0. The number of methoxy groups -OCH3 is 2. The van der Waals surface area contributed by atoms with E-state index in [-0.39, 0.29) is 5.91 Å². The number of amides is 1. The van der Waals surface area contributed by atoms with Crippen LogP contribution in [0.5, 0.6) is 11.5 Å². The molecule has 2 aromatic carbocycles. The summed E-state index contributed by atoms with van der Waals surface area (Å²) in [6, 6.07) is 13.4. The third-order valence-electron chi connectivity index (χ3n) is 5.36. The molecule has 180 valence electrons. The van der Waals surface area contributed by atoms with Crippen LogP contribution in [0.25, 0.3) is 22.2 Å². The van der Waals surface area contributed by atoms with Crippen molar-refractivity contribution in [2.75, 3.05) is 38.1 Å². The van der Waals surface area contributed by atoms with Crippen molar-refractivity contribution in [2.45, 2.75) is 0 Å². The van der Waals surface area contributed by atoms with E-state index in [0.717, 1.165) is 22.2 Å². The van der Waals surface area contributed by atoms with Gasteiger partial charge in [0.1, 0.15) is 18.1 Å². The first-order chi connectivity index (χ1) is 17.0. The molecule has 2 aromatic heterocycles. The molecule has 4 aromatic rings. The van der Waals surface area contributed by atoms with Crippen LogP contribution in [0.1, 0.15) is 0 Å². The molecule has 0 saturated carbocycles. The molecule has 0 saturated heterocycles. The number of rotatable bonds is 10. The molecule has 0 aliphatic rings. The van der Waals surface area contributed by atoms with Crippen LogP contribution >= 0.6 is 0 Å². The van der Waals surface area contributed by atoms with Gasteiger partial charge in [-0.25, -0.2) is 9.97 Å². The van der Waals surface area contributed by atoms with Gasteiger partial charge in [-0.05, 0) is 24.3 Å². The Morgan fingerprint density at radius 1 is 1.11 bits per heavy atom. The number of hydrogen-bond donors (Lipinski definition) is 2. The van der Waals surface area contributed by atoms with Crippen molar-refractivity contribution in [1.29, 1.82) is 0 Å².